The first-order valence-electron chi connectivity index (χ1n) is 16.7. The molecule has 5 nitrogen and oxygen atoms in total. The molecule has 5 heteroatoms. The third kappa shape index (κ3) is 4.02. The highest BCUT2D eigenvalue weighted by molar-refractivity contribution is 6.11. The molecule has 4 aromatic heterocycles. The predicted molar refractivity (Wildman–Crippen MR) is 199 cm³/mol. The number of pyridine rings is 1. The van der Waals surface area contributed by atoms with Gasteiger partial charge in [-0.3, -0.25) is 9.55 Å². The van der Waals surface area contributed by atoms with E-state index in [9.17, 15) is 0 Å². The molecule has 0 N–H and O–H groups in total. The minimum atomic E-state index is -0.274. The Morgan fingerprint density at radius 3 is 1.94 bits per heavy atom. The van der Waals surface area contributed by atoms with Gasteiger partial charge in [0.15, 0.2) is 5.82 Å². The molecule has 0 radical (unpaired) electrons. The van der Waals surface area contributed by atoms with E-state index in [1.807, 2.05) is 36.7 Å². The van der Waals surface area contributed by atoms with Crippen LogP contribution < -0.4 is 0 Å². The molecule has 49 heavy (non-hydrogen) atoms. The summed E-state index contributed by atoms with van der Waals surface area (Å²) in [5, 5.41) is 3.51. The van der Waals surface area contributed by atoms with Gasteiger partial charge < -0.3 is 4.57 Å². The molecular formula is C44H31N5. The van der Waals surface area contributed by atoms with Crippen molar-refractivity contribution >= 4 is 32.7 Å². The quantitative estimate of drug-likeness (QED) is 0.195. The van der Waals surface area contributed by atoms with E-state index < -0.39 is 0 Å². The van der Waals surface area contributed by atoms with Crippen LogP contribution in [0.1, 0.15) is 25.1 Å². The molecule has 1 aliphatic heterocycles. The molecule has 0 unspecified atom stereocenters. The highest BCUT2D eigenvalue weighted by atomic mass is 15.1. The van der Waals surface area contributed by atoms with Crippen molar-refractivity contribution in [2.24, 2.45) is 0 Å². The molecule has 0 saturated heterocycles. The zero-order valence-corrected chi connectivity index (χ0v) is 27.2. The third-order valence-electron chi connectivity index (χ3n) is 10.2. The van der Waals surface area contributed by atoms with Gasteiger partial charge in [-0.05, 0) is 35.4 Å². The number of fused-ring (bicyclic) bond motifs is 8. The van der Waals surface area contributed by atoms with Crippen LogP contribution in [-0.4, -0.2) is 24.1 Å². The summed E-state index contributed by atoms with van der Waals surface area (Å²) in [6.07, 6.45) is 3.86. The average Bonchev–Trinajstić information content (AvgIpc) is 3.76. The second-order valence-electron chi connectivity index (χ2n) is 13.3. The SMILES string of the molecule is CC1(C)c2cc3c(cc2-n2c1c(-c1ccccc1)c1ccccc12)c1cnccc1n3-c1cc(-c2ccccc2)nc(-c2ccccc2)n1. The van der Waals surface area contributed by atoms with Crippen molar-refractivity contribution in [3.8, 4) is 45.3 Å². The fourth-order valence-electron chi connectivity index (χ4n) is 7.96. The number of nitrogens with zero attached hydrogens (tertiary/aromatic N) is 5. The normalized spacial score (nSPS) is 13.3. The van der Waals surface area contributed by atoms with Crippen LogP contribution >= 0.6 is 0 Å². The lowest BCUT2D eigenvalue weighted by atomic mass is 9.80. The minimum Gasteiger partial charge on any atom is -0.312 e. The van der Waals surface area contributed by atoms with Crippen molar-refractivity contribution in [2.45, 2.75) is 19.3 Å². The maximum absolute atomic E-state index is 5.25. The fraction of sp³-hybridized carbons (Fsp3) is 0.0682. The zero-order chi connectivity index (χ0) is 32.7. The molecule has 0 atom stereocenters. The van der Waals surface area contributed by atoms with E-state index in [0.29, 0.717) is 5.82 Å². The molecule has 0 saturated carbocycles. The van der Waals surface area contributed by atoms with Gasteiger partial charge in [0.2, 0.25) is 0 Å². The van der Waals surface area contributed by atoms with E-state index in [1.54, 1.807) is 0 Å². The van der Waals surface area contributed by atoms with Gasteiger partial charge in [0.1, 0.15) is 5.82 Å². The van der Waals surface area contributed by atoms with E-state index >= 15 is 0 Å². The Bertz CT molecular complexity index is 2660. The summed E-state index contributed by atoms with van der Waals surface area (Å²) in [6, 6.07) is 49.2. The van der Waals surface area contributed by atoms with Crippen LogP contribution in [-0.2, 0) is 5.41 Å². The zero-order valence-electron chi connectivity index (χ0n) is 27.2. The lowest BCUT2D eigenvalue weighted by Gasteiger charge is -2.22. The Morgan fingerprint density at radius 2 is 1.18 bits per heavy atom. The summed E-state index contributed by atoms with van der Waals surface area (Å²) in [6.45, 7) is 4.73. The number of hydrogen-bond donors (Lipinski definition) is 0. The molecule has 0 aliphatic carbocycles. The number of hydrogen-bond acceptors (Lipinski definition) is 3. The van der Waals surface area contributed by atoms with Gasteiger partial charge >= 0.3 is 0 Å². The van der Waals surface area contributed by atoms with E-state index in [4.69, 9.17) is 9.97 Å². The molecule has 5 aromatic carbocycles. The van der Waals surface area contributed by atoms with Crippen molar-refractivity contribution in [1.82, 2.24) is 24.1 Å². The van der Waals surface area contributed by atoms with Gasteiger partial charge in [0.05, 0.1) is 27.9 Å². The summed E-state index contributed by atoms with van der Waals surface area (Å²) in [5.74, 6) is 1.52. The molecule has 5 heterocycles. The van der Waals surface area contributed by atoms with Crippen LogP contribution in [0.4, 0.5) is 0 Å². The molecule has 232 valence electrons. The Morgan fingerprint density at radius 1 is 0.531 bits per heavy atom. The van der Waals surface area contributed by atoms with Crippen molar-refractivity contribution in [3.05, 3.63) is 163 Å². The molecule has 0 fully saturated rings. The van der Waals surface area contributed by atoms with Gasteiger partial charge in [0.25, 0.3) is 0 Å². The van der Waals surface area contributed by atoms with Crippen molar-refractivity contribution in [2.75, 3.05) is 0 Å². The Kier molecular flexibility index (Phi) is 5.85. The lowest BCUT2D eigenvalue weighted by molar-refractivity contribution is 0.647. The van der Waals surface area contributed by atoms with Gasteiger partial charge in [-0.25, -0.2) is 9.97 Å². The highest BCUT2D eigenvalue weighted by Crippen LogP contribution is 2.53. The molecule has 9 aromatic rings. The van der Waals surface area contributed by atoms with E-state index in [-0.39, 0.29) is 5.41 Å². The summed E-state index contributed by atoms with van der Waals surface area (Å²) < 4.78 is 4.80. The number of benzene rings is 5. The van der Waals surface area contributed by atoms with Crippen LogP contribution in [0.2, 0.25) is 0 Å². The summed E-state index contributed by atoms with van der Waals surface area (Å²) in [5.41, 5.74) is 12.4. The van der Waals surface area contributed by atoms with Crippen LogP contribution in [0, 0.1) is 0 Å². The average molecular weight is 630 g/mol. The maximum atomic E-state index is 5.25. The minimum absolute atomic E-state index is 0.274. The first kappa shape index (κ1) is 27.8. The molecule has 1 aliphatic rings. The van der Waals surface area contributed by atoms with Crippen molar-refractivity contribution in [1.29, 1.82) is 0 Å². The van der Waals surface area contributed by atoms with Crippen LogP contribution in [0.3, 0.4) is 0 Å². The summed E-state index contributed by atoms with van der Waals surface area (Å²) in [7, 11) is 0. The first-order chi connectivity index (χ1) is 24.1. The van der Waals surface area contributed by atoms with Crippen LogP contribution in [0.25, 0.3) is 78.0 Å². The Labute approximate surface area is 283 Å². The van der Waals surface area contributed by atoms with Crippen molar-refractivity contribution in [3.63, 3.8) is 0 Å². The highest BCUT2D eigenvalue weighted by Gasteiger charge is 2.41. The summed E-state index contributed by atoms with van der Waals surface area (Å²) in [4.78, 5) is 14.9. The predicted octanol–water partition coefficient (Wildman–Crippen LogP) is 10.6. The summed E-state index contributed by atoms with van der Waals surface area (Å²) >= 11 is 0. The monoisotopic (exact) mass is 629 g/mol. The number of rotatable bonds is 4. The van der Waals surface area contributed by atoms with Gasteiger partial charge in [0, 0.05) is 62.4 Å². The molecular weight excluding hydrogens is 599 g/mol. The van der Waals surface area contributed by atoms with Gasteiger partial charge in [-0.15, -0.1) is 0 Å². The van der Waals surface area contributed by atoms with Gasteiger partial charge in [-0.1, -0.05) is 123 Å². The standard InChI is InChI=1S/C44H31N5/c1-44(2)34-25-38-32(24-39(34)49-36-21-13-12-20-31(36)41(42(44)49)29-16-8-4-9-17-29)33-27-45-23-22-37(33)48(38)40-26-35(28-14-6-3-7-15-28)46-43(47-40)30-18-10-5-11-19-30/h3-27H,1-2H3. The van der Waals surface area contributed by atoms with Gasteiger partial charge in [-0.2, -0.15) is 0 Å². The molecule has 0 bridgehead atoms. The fourth-order valence-corrected chi connectivity index (χ4v) is 7.96. The molecule has 0 spiro atoms. The molecule has 10 rings (SSSR count). The number of para-hydroxylation sites is 1. The third-order valence-corrected chi connectivity index (χ3v) is 10.2. The van der Waals surface area contributed by atoms with E-state index in [2.05, 4.69) is 143 Å². The second kappa shape index (κ2) is 10.3. The van der Waals surface area contributed by atoms with Crippen LogP contribution in [0.5, 0.6) is 0 Å². The smallest absolute Gasteiger partial charge is 0.162 e. The first-order valence-corrected chi connectivity index (χ1v) is 16.7. The topological polar surface area (TPSA) is 48.5 Å². The largest absolute Gasteiger partial charge is 0.312 e. The van der Waals surface area contributed by atoms with E-state index in [0.717, 1.165) is 44.4 Å². The van der Waals surface area contributed by atoms with Crippen molar-refractivity contribution < 1.29 is 0 Å². The lowest BCUT2D eigenvalue weighted by Crippen LogP contribution is -2.16. The maximum Gasteiger partial charge on any atom is 0.162 e. The van der Waals surface area contributed by atoms with Crippen LogP contribution in [0.15, 0.2) is 152 Å². The number of aromatic nitrogens is 5. The second-order valence-corrected chi connectivity index (χ2v) is 13.3. The molecule has 0 amide bonds. The van der Waals surface area contributed by atoms with E-state index in [1.165, 1.54) is 39.0 Å². The Hall–Kier alpha value is -6.33. The Balaban J connectivity index is 1.29.